The molecule has 1 N–H and O–H groups in total. The van der Waals surface area contributed by atoms with Crippen molar-refractivity contribution in [2.24, 2.45) is 11.8 Å². The quantitative estimate of drug-likeness (QED) is 0.808. The zero-order chi connectivity index (χ0) is 14.7. The van der Waals surface area contributed by atoms with Gasteiger partial charge in [-0.3, -0.25) is 10.1 Å². The monoisotopic (exact) mass is 281 g/mol. The average Bonchev–Trinajstić information content (AvgIpc) is 2.98. The van der Waals surface area contributed by atoms with Crippen molar-refractivity contribution in [1.82, 2.24) is 15.1 Å². The van der Waals surface area contributed by atoms with Crippen molar-refractivity contribution in [1.29, 1.82) is 0 Å². The molecule has 0 bridgehead atoms. The minimum Gasteiger partial charge on any atom is -0.325 e. The van der Waals surface area contributed by atoms with E-state index in [1.807, 2.05) is 0 Å². The lowest BCUT2D eigenvalue weighted by Crippen LogP contribution is -2.44. The van der Waals surface area contributed by atoms with E-state index in [0.717, 1.165) is 32.5 Å². The molecule has 0 aliphatic carbocycles. The molecule has 0 spiro atoms. The van der Waals surface area contributed by atoms with E-state index >= 15 is 0 Å². The molecule has 0 aromatic rings. The number of rotatable bonds is 6. The second-order valence-corrected chi connectivity index (χ2v) is 6.74. The van der Waals surface area contributed by atoms with Crippen LogP contribution >= 0.6 is 0 Å². The summed E-state index contributed by atoms with van der Waals surface area (Å²) in [7, 11) is 0. The Morgan fingerprint density at radius 2 is 2.10 bits per heavy atom. The van der Waals surface area contributed by atoms with E-state index in [1.165, 1.54) is 13.0 Å². The summed E-state index contributed by atoms with van der Waals surface area (Å²) in [6.07, 6.45) is 3.50. The van der Waals surface area contributed by atoms with Gasteiger partial charge >= 0.3 is 0 Å². The Bertz CT molecular complexity index is 332. The lowest BCUT2D eigenvalue weighted by molar-refractivity contribution is -0.131. The van der Waals surface area contributed by atoms with Crippen LogP contribution in [0, 0.1) is 11.8 Å². The molecule has 2 aliphatic heterocycles. The second kappa shape index (κ2) is 6.90. The van der Waals surface area contributed by atoms with E-state index in [2.05, 4.69) is 42.8 Å². The Labute approximate surface area is 123 Å². The zero-order valence-electron chi connectivity index (χ0n) is 13.6. The lowest BCUT2D eigenvalue weighted by atomic mass is 10.1. The van der Waals surface area contributed by atoms with Gasteiger partial charge in [0, 0.05) is 13.1 Å². The third-order valence-corrected chi connectivity index (χ3v) is 4.77. The molecule has 2 fully saturated rings. The maximum absolute atomic E-state index is 12.6. The highest BCUT2D eigenvalue weighted by Gasteiger charge is 2.40. The molecule has 4 nitrogen and oxygen atoms in total. The van der Waals surface area contributed by atoms with Crippen molar-refractivity contribution in [3.05, 3.63) is 0 Å². The fourth-order valence-corrected chi connectivity index (χ4v) is 3.58. The molecule has 3 unspecified atom stereocenters. The highest BCUT2D eigenvalue weighted by molar-refractivity contribution is 5.84. The maximum Gasteiger partial charge on any atom is 0.241 e. The molecule has 0 saturated carbocycles. The Kier molecular flexibility index (Phi) is 5.44. The van der Waals surface area contributed by atoms with Gasteiger partial charge in [0.2, 0.25) is 5.91 Å². The lowest BCUT2D eigenvalue weighted by Gasteiger charge is -2.29. The molecule has 0 radical (unpaired) electrons. The van der Waals surface area contributed by atoms with Gasteiger partial charge in [0.15, 0.2) is 0 Å². The molecular weight excluding hydrogens is 250 g/mol. The summed E-state index contributed by atoms with van der Waals surface area (Å²) in [5.74, 6) is 1.47. The molecule has 2 saturated heterocycles. The molecule has 2 aliphatic rings. The molecule has 20 heavy (non-hydrogen) atoms. The SMILES string of the molecule is CCCC1NC(C(C)C)N(CC2CCN(CC)C2)C1=O. The van der Waals surface area contributed by atoms with Gasteiger partial charge in [-0.05, 0) is 37.8 Å². The number of nitrogens with one attached hydrogen (secondary N) is 1. The van der Waals surface area contributed by atoms with Gasteiger partial charge in [-0.2, -0.15) is 0 Å². The van der Waals surface area contributed by atoms with Crippen LogP contribution in [0.1, 0.15) is 47.0 Å². The van der Waals surface area contributed by atoms with Gasteiger partial charge in [-0.15, -0.1) is 0 Å². The fraction of sp³-hybridized carbons (Fsp3) is 0.938. The maximum atomic E-state index is 12.6. The van der Waals surface area contributed by atoms with Crippen molar-refractivity contribution >= 4 is 5.91 Å². The summed E-state index contributed by atoms with van der Waals surface area (Å²) >= 11 is 0. The highest BCUT2D eigenvalue weighted by Crippen LogP contribution is 2.24. The average molecular weight is 281 g/mol. The number of amides is 1. The Balaban J connectivity index is 1.98. The van der Waals surface area contributed by atoms with Crippen LogP contribution in [-0.2, 0) is 4.79 Å². The van der Waals surface area contributed by atoms with E-state index < -0.39 is 0 Å². The van der Waals surface area contributed by atoms with Gasteiger partial charge in [0.05, 0.1) is 12.2 Å². The highest BCUT2D eigenvalue weighted by atomic mass is 16.2. The molecule has 4 heteroatoms. The van der Waals surface area contributed by atoms with Crippen molar-refractivity contribution in [2.75, 3.05) is 26.2 Å². The Morgan fingerprint density at radius 3 is 2.65 bits per heavy atom. The van der Waals surface area contributed by atoms with Crippen LogP contribution in [0.25, 0.3) is 0 Å². The van der Waals surface area contributed by atoms with E-state index in [1.54, 1.807) is 0 Å². The van der Waals surface area contributed by atoms with Gasteiger partial charge in [-0.25, -0.2) is 0 Å². The molecule has 116 valence electrons. The van der Waals surface area contributed by atoms with Crippen molar-refractivity contribution in [3.63, 3.8) is 0 Å². The molecule has 1 amide bonds. The molecule has 2 rings (SSSR count). The van der Waals surface area contributed by atoms with Crippen LogP contribution in [0.2, 0.25) is 0 Å². The van der Waals surface area contributed by atoms with Crippen LogP contribution in [0.3, 0.4) is 0 Å². The summed E-state index contributed by atoms with van der Waals surface area (Å²) < 4.78 is 0. The minimum atomic E-state index is 0.0519. The molecule has 0 aromatic carbocycles. The van der Waals surface area contributed by atoms with Gasteiger partial charge in [0.1, 0.15) is 0 Å². The van der Waals surface area contributed by atoms with Gasteiger partial charge in [-0.1, -0.05) is 34.1 Å². The molecule has 0 aromatic heterocycles. The number of carbonyl (C=O) groups is 1. The zero-order valence-corrected chi connectivity index (χ0v) is 13.6. The number of hydrogen-bond acceptors (Lipinski definition) is 3. The fourth-order valence-electron chi connectivity index (χ4n) is 3.58. The number of carbonyl (C=O) groups excluding carboxylic acids is 1. The summed E-state index contributed by atoms with van der Waals surface area (Å²) in [4.78, 5) is 17.2. The largest absolute Gasteiger partial charge is 0.325 e. The summed E-state index contributed by atoms with van der Waals surface area (Å²) in [6, 6.07) is 0.0519. The predicted molar refractivity (Wildman–Crippen MR) is 82.4 cm³/mol. The third kappa shape index (κ3) is 3.34. The molecular formula is C16H31N3O. The normalized spacial score (nSPS) is 31.8. The number of likely N-dealkylation sites (tertiary alicyclic amines) is 1. The van der Waals surface area contributed by atoms with Gasteiger partial charge < -0.3 is 9.80 Å². The number of nitrogens with zero attached hydrogens (tertiary/aromatic N) is 2. The van der Waals surface area contributed by atoms with E-state index in [0.29, 0.717) is 17.7 Å². The van der Waals surface area contributed by atoms with Crippen LogP contribution < -0.4 is 5.32 Å². The second-order valence-electron chi connectivity index (χ2n) is 6.74. The van der Waals surface area contributed by atoms with Gasteiger partial charge in [0.25, 0.3) is 0 Å². The minimum absolute atomic E-state index is 0.0519. The number of hydrogen-bond donors (Lipinski definition) is 1. The van der Waals surface area contributed by atoms with Crippen LogP contribution in [0.4, 0.5) is 0 Å². The summed E-state index contributed by atoms with van der Waals surface area (Å²) in [6.45, 7) is 13.2. The molecule has 3 atom stereocenters. The van der Waals surface area contributed by atoms with Crippen LogP contribution in [0.15, 0.2) is 0 Å². The first-order chi connectivity index (χ1) is 9.56. The van der Waals surface area contributed by atoms with E-state index in [4.69, 9.17) is 0 Å². The predicted octanol–water partition coefficient (Wildman–Crippen LogP) is 1.91. The summed E-state index contributed by atoms with van der Waals surface area (Å²) in [5.41, 5.74) is 0. The van der Waals surface area contributed by atoms with E-state index in [-0.39, 0.29) is 12.2 Å². The first-order valence-electron chi connectivity index (χ1n) is 8.35. The smallest absolute Gasteiger partial charge is 0.241 e. The standard InChI is InChI=1S/C16H31N3O/c1-5-7-14-16(20)19(15(17-14)12(3)4)11-13-8-9-18(6-2)10-13/h12-15,17H,5-11H2,1-4H3. The van der Waals surface area contributed by atoms with E-state index in [9.17, 15) is 4.79 Å². The first kappa shape index (κ1) is 15.8. The topological polar surface area (TPSA) is 35.6 Å². The van der Waals surface area contributed by atoms with Crippen LogP contribution in [-0.4, -0.2) is 54.1 Å². The first-order valence-corrected chi connectivity index (χ1v) is 8.35. The Morgan fingerprint density at radius 1 is 1.35 bits per heavy atom. The summed E-state index contributed by atoms with van der Waals surface area (Å²) in [5, 5.41) is 3.55. The van der Waals surface area contributed by atoms with Crippen molar-refractivity contribution in [3.8, 4) is 0 Å². The van der Waals surface area contributed by atoms with Crippen molar-refractivity contribution < 1.29 is 4.79 Å². The van der Waals surface area contributed by atoms with Crippen LogP contribution in [0.5, 0.6) is 0 Å². The third-order valence-electron chi connectivity index (χ3n) is 4.77. The van der Waals surface area contributed by atoms with Crippen molar-refractivity contribution in [2.45, 2.75) is 59.2 Å². The Hall–Kier alpha value is -0.610. The molecule has 2 heterocycles.